The summed E-state index contributed by atoms with van der Waals surface area (Å²) in [6.45, 7) is 29.3. The number of hydrogen-bond donors (Lipinski definition) is 0. The van der Waals surface area contributed by atoms with Crippen LogP contribution in [0.4, 0.5) is 0 Å². The Morgan fingerprint density at radius 1 is 0.625 bits per heavy atom. The summed E-state index contributed by atoms with van der Waals surface area (Å²) in [5.41, 5.74) is 14.8. The first-order valence-electron chi connectivity index (χ1n) is 18.0. The minimum atomic E-state index is -2.91. The van der Waals surface area contributed by atoms with Crippen molar-refractivity contribution < 1.29 is 21.3 Å². The molecule has 0 unspecified atom stereocenters. The van der Waals surface area contributed by atoms with Crippen LogP contribution in [-0.4, -0.2) is 3.21 Å². The second-order valence-electron chi connectivity index (χ2n) is 17.5. The fourth-order valence-corrected chi connectivity index (χ4v) is 19.0. The van der Waals surface area contributed by atoms with Gasteiger partial charge in [-0.05, 0) is 0 Å². The molecule has 0 spiro atoms. The Bertz CT molecular complexity index is 1910. The predicted octanol–water partition coefficient (Wildman–Crippen LogP) is 11.7. The SMILES string of the molecule is Cc1cc2c(cc1C(C)(C)C)-c1cc(C(C)(C)C)c(C)[c]([Zr]([C]3=CC=CC3)=[C](C(C)(C)c3ccccc3)C(C)(C)c3ccccc3)c1C2. The van der Waals surface area contributed by atoms with Crippen LogP contribution < -0.4 is 3.27 Å². The average Bonchev–Trinajstić information content (AvgIpc) is 3.67. The van der Waals surface area contributed by atoms with Crippen LogP contribution in [0.25, 0.3) is 11.1 Å². The van der Waals surface area contributed by atoms with Crippen LogP contribution in [0.5, 0.6) is 0 Å². The van der Waals surface area contributed by atoms with Crippen molar-refractivity contribution in [3.8, 4) is 11.1 Å². The third-order valence-electron chi connectivity index (χ3n) is 11.3. The van der Waals surface area contributed by atoms with Crippen molar-refractivity contribution in [1.82, 2.24) is 0 Å². The predicted molar refractivity (Wildman–Crippen MR) is 207 cm³/mol. The van der Waals surface area contributed by atoms with Gasteiger partial charge >= 0.3 is 301 Å². The molecule has 0 radical (unpaired) electrons. The summed E-state index contributed by atoms with van der Waals surface area (Å²) in [6.07, 6.45) is 9.38. The molecule has 2 aliphatic rings. The molecule has 0 saturated carbocycles. The van der Waals surface area contributed by atoms with Crippen LogP contribution >= 0.6 is 0 Å². The molecule has 4 aromatic rings. The molecule has 0 atom stereocenters. The number of benzene rings is 4. The molecule has 0 fully saturated rings. The zero-order chi connectivity index (χ0) is 34.8. The molecule has 0 N–H and O–H groups in total. The Morgan fingerprint density at radius 3 is 1.62 bits per heavy atom. The van der Waals surface area contributed by atoms with Gasteiger partial charge in [0.15, 0.2) is 0 Å². The van der Waals surface area contributed by atoms with Crippen molar-refractivity contribution in [1.29, 1.82) is 0 Å². The van der Waals surface area contributed by atoms with Gasteiger partial charge in [-0.3, -0.25) is 0 Å². The van der Waals surface area contributed by atoms with Gasteiger partial charge in [0.2, 0.25) is 0 Å². The molecule has 0 nitrogen and oxygen atoms in total. The van der Waals surface area contributed by atoms with E-state index in [-0.39, 0.29) is 21.7 Å². The van der Waals surface area contributed by atoms with E-state index in [9.17, 15) is 0 Å². The van der Waals surface area contributed by atoms with Gasteiger partial charge in [-0.2, -0.15) is 0 Å². The molecule has 4 aromatic carbocycles. The van der Waals surface area contributed by atoms with E-state index in [1.807, 2.05) is 0 Å². The molecule has 248 valence electrons. The average molecular weight is 712 g/mol. The molecule has 0 aromatic heterocycles. The second kappa shape index (κ2) is 12.5. The molecule has 48 heavy (non-hydrogen) atoms. The van der Waals surface area contributed by atoms with Crippen molar-refractivity contribution in [2.75, 3.05) is 0 Å². The summed E-state index contributed by atoms with van der Waals surface area (Å²) >= 11 is -2.91. The van der Waals surface area contributed by atoms with Crippen molar-refractivity contribution >= 4 is 6.48 Å². The number of aryl methyl sites for hydroxylation is 1. The normalized spacial score (nSPS) is 14.5. The third kappa shape index (κ3) is 6.08. The van der Waals surface area contributed by atoms with Gasteiger partial charge in [-0.25, -0.2) is 0 Å². The Morgan fingerprint density at radius 2 is 1.15 bits per heavy atom. The summed E-state index contributed by atoms with van der Waals surface area (Å²) in [7, 11) is 0. The first-order chi connectivity index (χ1) is 22.4. The Balaban J connectivity index is 1.81. The van der Waals surface area contributed by atoms with Crippen LogP contribution in [-0.2, 0) is 49.3 Å². The van der Waals surface area contributed by atoms with Crippen LogP contribution in [0.1, 0.15) is 120 Å². The fraction of sp³-hybridized carbons (Fsp3) is 0.383. The quantitative estimate of drug-likeness (QED) is 0.164. The molecule has 0 aliphatic heterocycles. The first-order valence-corrected chi connectivity index (χ1v) is 21.7. The summed E-state index contributed by atoms with van der Waals surface area (Å²) in [5, 5.41) is 0. The maximum absolute atomic E-state index is 2.91. The molecule has 0 amide bonds. The van der Waals surface area contributed by atoms with E-state index in [0.29, 0.717) is 0 Å². The van der Waals surface area contributed by atoms with E-state index in [1.54, 1.807) is 20.9 Å². The number of hydrogen-bond acceptors (Lipinski definition) is 0. The van der Waals surface area contributed by atoms with Gasteiger partial charge in [0, 0.05) is 0 Å². The van der Waals surface area contributed by atoms with E-state index >= 15 is 0 Å². The molecule has 0 bridgehead atoms. The summed E-state index contributed by atoms with van der Waals surface area (Å²) in [6, 6.07) is 30.5. The zero-order valence-corrected chi connectivity index (χ0v) is 34.1. The molecule has 0 heterocycles. The molecule has 2 aliphatic carbocycles. The third-order valence-corrected chi connectivity index (χ3v) is 20.9. The molecule has 0 saturated heterocycles. The van der Waals surface area contributed by atoms with Gasteiger partial charge in [0.25, 0.3) is 0 Å². The summed E-state index contributed by atoms with van der Waals surface area (Å²) in [5.74, 6) is 0. The molecular formula is C47H56Zr. The van der Waals surface area contributed by atoms with Crippen LogP contribution in [0.2, 0.25) is 0 Å². The van der Waals surface area contributed by atoms with Gasteiger partial charge in [-0.1, -0.05) is 0 Å². The monoisotopic (exact) mass is 710 g/mol. The maximum atomic E-state index is 2.61. The fourth-order valence-electron chi connectivity index (χ4n) is 9.02. The van der Waals surface area contributed by atoms with Crippen molar-refractivity contribution in [2.45, 2.75) is 118 Å². The van der Waals surface area contributed by atoms with Crippen LogP contribution in [0, 0.1) is 13.8 Å². The summed E-state index contributed by atoms with van der Waals surface area (Å²) in [4.78, 5) is 0. The topological polar surface area (TPSA) is 0 Å². The first kappa shape index (κ1) is 35.0. The molecular weight excluding hydrogens is 656 g/mol. The number of fused-ring (bicyclic) bond motifs is 3. The van der Waals surface area contributed by atoms with Crippen molar-refractivity contribution in [3.05, 3.63) is 145 Å². The Hall–Kier alpha value is -2.89. The van der Waals surface area contributed by atoms with Crippen LogP contribution in [0.15, 0.2) is 100 Å². The van der Waals surface area contributed by atoms with Crippen molar-refractivity contribution in [3.63, 3.8) is 0 Å². The number of allylic oxidation sites excluding steroid dienone is 4. The Labute approximate surface area is 299 Å². The van der Waals surface area contributed by atoms with E-state index in [2.05, 4.69) is 180 Å². The second-order valence-corrected chi connectivity index (χ2v) is 23.4. The van der Waals surface area contributed by atoms with E-state index in [0.717, 1.165) is 12.8 Å². The van der Waals surface area contributed by atoms with Gasteiger partial charge in [0.1, 0.15) is 0 Å². The van der Waals surface area contributed by atoms with Crippen molar-refractivity contribution in [2.24, 2.45) is 0 Å². The molecule has 6 rings (SSSR count). The van der Waals surface area contributed by atoms with E-state index in [1.165, 1.54) is 44.5 Å². The molecule has 1 heteroatoms. The van der Waals surface area contributed by atoms with Gasteiger partial charge in [-0.15, -0.1) is 0 Å². The van der Waals surface area contributed by atoms with E-state index in [4.69, 9.17) is 0 Å². The standard InChI is InChI=1S/C23H29.C19H22.C5H5.Zr/c1-14-9-16-11-17-10-15(2)21(23(6,7)8)13-19(17)18(16)12-20(14)22(3,4)5;1-18(2,16-11-7-5-8-12-16)15-19(3,4)17-13-9-6-10-14-17;1-2-4-5-3-1;/h9,12-13H,11H2,1-8H3;5-14H,1-4H3;1-3H,4H2;. The minimum absolute atomic E-state index is 0.0365. The zero-order valence-electron chi connectivity index (χ0n) is 31.7. The van der Waals surface area contributed by atoms with Crippen LogP contribution in [0.3, 0.4) is 0 Å². The van der Waals surface area contributed by atoms with E-state index < -0.39 is 21.3 Å². The summed E-state index contributed by atoms with van der Waals surface area (Å²) < 4.78 is 5.21. The van der Waals surface area contributed by atoms with Gasteiger partial charge < -0.3 is 0 Å². The van der Waals surface area contributed by atoms with Gasteiger partial charge in [0.05, 0.1) is 0 Å². The number of rotatable bonds is 6. The Kier molecular flexibility index (Phi) is 9.08.